The maximum absolute atomic E-state index is 12.0. The molecule has 0 fully saturated rings. The molecule has 0 saturated heterocycles. The molecule has 1 rings (SSSR count). The summed E-state index contributed by atoms with van der Waals surface area (Å²) in [5.41, 5.74) is -0.346. The van der Waals surface area contributed by atoms with Crippen LogP contribution in [-0.2, 0) is 0 Å². The minimum Gasteiger partial charge on any atom is -0.387 e. The summed E-state index contributed by atoms with van der Waals surface area (Å²) < 4.78 is 0. The molecular formula is C12H18N2O2S2. The number of rotatable bonds is 6. The fourth-order valence-electron chi connectivity index (χ4n) is 1.45. The van der Waals surface area contributed by atoms with Crippen molar-refractivity contribution in [2.75, 3.05) is 24.8 Å². The number of carbonyl (C=O) groups is 1. The summed E-state index contributed by atoms with van der Waals surface area (Å²) in [5.74, 6) is 0.379. The van der Waals surface area contributed by atoms with Crippen molar-refractivity contribution in [1.82, 2.24) is 10.3 Å². The van der Waals surface area contributed by atoms with Crippen molar-refractivity contribution in [3.05, 3.63) is 23.9 Å². The lowest BCUT2D eigenvalue weighted by atomic mass is 10.1. The van der Waals surface area contributed by atoms with Gasteiger partial charge in [-0.15, -0.1) is 11.8 Å². The van der Waals surface area contributed by atoms with Crippen LogP contribution < -0.4 is 5.32 Å². The van der Waals surface area contributed by atoms with Crippen LogP contribution in [0.25, 0.3) is 0 Å². The minimum absolute atomic E-state index is 0.200. The summed E-state index contributed by atoms with van der Waals surface area (Å²) in [4.78, 5) is 16.1. The topological polar surface area (TPSA) is 62.2 Å². The predicted octanol–water partition coefficient (Wildman–Crippen LogP) is 1.65. The number of nitrogens with one attached hydrogen (secondary N) is 1. The van der Waals surface area contributed by atoms with Gasteiger partial charge in [0.05, 0.1) is 11.2 Å². The van der Waals surface area contributed by atoms with Crippen molar-refractivity contribution in [3.8, 4) is 0 Å². The maximum Gasteiger partial charge on any atom is 0.254 e. The number of aliphatic hydroxyl groups is 1. The van der Waals surface area contributed by atoms with Gasteiger partial charge in [-0.1, -0.05) is 0 Å². The second-order valence-electron chi connectivity index (χ2n) is 4.17. The molecular weight excluding hydrogens is 268 g/mol. The molecule has 0 aliphatic heterocycles. The van der Waals surface area contributed by atoms with Crippen molar-refractivity contribution in [1.29, 1.82) is 0 Å². The zero-order valence-corrected chi connectivity index (χ0v) is 12.4. The number of aromatic nitrogens is 1. The highest BCUT2D eigenvalue weighted by Crippen LogP contribution is 2.17. The quantitative estimate of drug-likeness (QED) is 0.779. The van der Waals surface area contributed by atoms with Gasteiger partial charge in [0.15, 0.2) is 0 Å². The Morgan fingerprint density at radius 1 is 1.56 bits per heavy atom. The van der Waals surface area contributed by atoms with E-state index in [1.807, 2.05) is 12.5 Å². The van der Waals surface area contributed by atoms with Gasteiger partial charge in [0, 0.05) is 18.5 Å². The first-order valence-corrected chi connectivity index (χ1v) is 8.10. The summed E-state index contributed by atoms with van der Waals surface area (Å²) in [7, 11) is 0. The number of amides is 1. The average Bonchev–Trinajstić information content (AvgIpc) is 2.36. The van der Waals surface area contributed by atoms with E-state index in [1.54, 1.807) is 37.0 Å². The third-order valence-electron chi connectivity index (χ3n) is 2.29. The highest BCUT2D eigenvalue weighted by Gasteiger charge is 2.21. The summed E-state index contributed by atoms with van der Waals surface area (Å²) in [6, 6.07) is 3.46. The normalized spacial score (nSPS) is 14.0. The Labute approximate surface area is 116 Å². The largest absolute Gasteiger partial charge is 0.387 e. The van der Waals surface area contributed by atoms with Crippen molar-refractivity contribution < 1.29 is 9.90 Å². The standard InChI is InChI=1S/C12H18N2O2S2/c1-12(16,8-17-2)7-14-10(15)9-5-4-6-13-11(9)18-3/h4-6,16H,7-8H2,1-3H3,(H,14,15). The summed E-state index contributed by atoms with van der Waals surface area (Å²) >= 11 is 2.97. The lowest BCUT2D eigenvalue weighted by Crippen LogP contribution is -2.42. The Morgan fingerprint density at radius 3 is 2.89 bits per heavy atom. The molecule has 0 aliphatic rings. The molecule has 0 radical (unpaired) electrons. The molecule has 1 aromatic heterocycles. The number of hydrogen-bond acceptors (Lipinski definition) is 5. The van der Waals surface area contributed by atoms with E-state index in [0.717, 1.165) is 0 Å². The molecule has 6 heteroatoms. The molecule has 1 unspecified atom stereocenters. The van der Waals surface area contributed by atoms with Crippen molar-refractivity contribution in [3.63, 3.8) is 0 Å². The SMILES string of the molecule is CSCC(C)(O)CNC(=O)c1cccnc1SC. The Bertz CT molecular complexity index is 411. The molecule has 0 bridgehead atoms. The van der Waals surface area contributed by atoms with E-state index in [4.69, 9.17) is 0 Å². The highest BCUT2D eigenvalue weighted by atomic mass is 32.2. The zero-order chi connectivity index (χ0) is 13.6. The van der Waals surface area contributed by atoms with E-state index >= 15 is 0 Å². The van der Waals surface area contributed by atoms with E-state index < -0.39 is 5.60 Å². The van der Waals surface area contributed by atoms with Crippen LogP contribution in [0.15, 0.2) is 23.4 Å². The third kappa shape index (κ3) is 4.51. The number of carbonyl (C=O) groups excluding carboxylic acids is 1. The van der Waals surface area contributed by atoms with Crippen molar-refractivity contribution in [2.24, 2.45) is 0 Å². The third-order valence-corrected chi connectivity index (χ3v) is 3.92. The summed E-state index contributed by atoms with van der Waals surface area (Å²) in [6.45, 7) is 1.94. The molecule has 2 N–H and O–H groups in total. The van der Waals surface area contributed by atoms with Gasteiger partial charge in [0.25, 0.3) is 5.91 Å². The predicted molar refractivity (Wildman–Crippen MR) is 77.4 cm³/mol. The molecule has 0 aromatic carbocycles. The second kappa shape index (κ2) is 7.01. The molecule has 1 heterocycles. The highest BCUT2D eigenvalue weighted by molar-refractivity contribution is 7.98. The molecule has 18 heavy (non-hydrogen) atoms. The molecule has 100 valence electrons. The number of nitrogens with zero attached hydrogens (tertiary/aromatic N) is 1. The average molecular weight is 286 g/mol. The van der Waals surface area contributed by atoms with Gasteiger partial charge in [-0.25, -0.2) is 4.98 Å². The van der Waals surface area contributed by atoms with Crippen LogP contribution in [-0.4, -0.2) is 46.4 Å². The number of hydrogen-bond donors (Lipinski definition) is 2. The maximum atomic E-state index is 12.0. The number of thioether (sulfide) groups is 2. The molecule has 4 nitrogen and oxygen atoms in total. The van der Waals surface area contributed by atoms with E-state index in [0.29, 0.717) is 16.3 Å². The molecule has 0 aliphatic carbocycles. The van der Waals surface area contributed by atoms with Crippen LogP contribution in [0.1, 0.15) is 17.3 Å². The first-order valence-electron chi connectivity index (χ1n) is 5.48. The van der Waals surface area contributed by atoms with E-state index in [2.05, 4.69) is 10.3 Å². The number of pyridine rings is 1. The van der Waals surface area contributed by atoms with Crippen LogP contribution in [0.3, 0.4) is 0 Å². The smallest absolute Gasteiger partial charge is 0.254 e. The van der Waals surface area contributed by atoms with E-state index in [9.17, 15) is 9.90 Å². The molecule has 0 spiro atoms. The van der Waals surface area contributed by atoms with Gasteiger partial charge in [-0.05, 0) is 31.6 Å². The van der Waals surface area contributed by atoms with Crippen molar-refractivity contribution >= 4 is 29.4 Å². The van der Waals surface area contributed by atoms with E-state index in [1.165, 1.54) is 11.8 Å². The fraction of sp³-hybridized carbons (Fsp3) is 0.500. The first-order chi connectivity index (χ1) is 8.50. The molecule has 1 amide bonds. The molecule has 0 saturated carbocycles. The van der Waals surface area contributed by atoms with Crippen LogP contribution in [0, 0.1) is 0 Å². The monoisotopic (exact) mass is 286 g/mol. The Balaban J connectivity index is 2.66. The van der Waals surface area contributed by atoms with E-state index in [-0.39, 0.29) is 12.5 Å². The molecule has 1 aromatic rings. The Morgan fingerprint density at radius 2 is 2.28 bits per heavy atom. The fourth-order valence-corrected chi connectivity index (χ4v) is 2.73. The lowest BCUT2D eigenvalue weighted by molar-refractivity contribution is 0.0723. The van der Waals surface area contributed by atoms with Gasteiger partial charge in [-0.2, -0.15) is 11.8 Å². The lowest BCUT2D eigenvalue weighted by Gasteiger charge is -2.22. The van der Waals surface area contributed by atoms with Crippen LogP contribution in [0.4, 0.5) is 0 Å². The first kappa shape index (κ1) is 15.3. The minimum atomic E-state index is -0.892. The van der Waals surface area contributed by atoms with Crippen molar-refractivity contribution in [2.45, 2.75) is 17.6 Å². The zero-order valence-electron chi connectivity index (χ0n) is 10.8. The van der Waals surface area contributed by atoms with Gasteiger partial charge in [-0.3, -0.25) is 4.79 Å². The summed E-state index contributed by atoms with van der Waals surface area (Å²) in [6.07, 6.45) is 5.46. The van der Waals surface area contributed by atoms with Gasteiger partial charge in [0.2, 0.25) is 0 Å². The van der Waals surface area contributed by atoms with Crippen LogP contribution in [0.2, 0.25) is 0 Å². The Kier molecular flexibility index (Phi) is 5.98. The van der Waals surface area contributed by atoms with Gasteiger partial charge in [0.1, 0.15) is 5.03 Å². The summed E-state index contributed by atoms with van der Waals surface area (Å²) in [5, 5.41) is 13.4. The van der Waals surface area contributed by atoms with Gasteiger partial charge < -0.3 is 10.4 Å². The van der Waals surface area contributed by atoms with Crippen LogP contribution >= 0.6 is 23.5 Å². The van der Waals surface area contributed by atoms with Crippen LogP contribution in [0.5, 0.6) is 0 Å². The Hall–Kier alpha value is -0.720. The second-order valence-corrected chi connectivity index (χ2v) is 5.83. The van der Waals surface area contributed by atoms with Gasteiger partial charge >= 0.3 is 0 Å². The molecule has 1 atom stereocenters.